The fraction of sp³-hybridized carbons (Fsp3) is 0.550. The molecular weight excluding hydrogens is 437 g/mol. The number of guanidine groups is 1. The van der Waals surface area contributed by atoms with E-state index in [1.165, 1.54) is 5.69 Å². The molecule has 1 aromatic rings. The highest BCUT2D eigenvalue weighted by Crippen LogP contribution is 2.16. The minimum Gasteiger partial charge on any atom is -0.369 e. The highest BCUT2D eigenvalue weighted by molar-refractivity contribution is 14.0. The second kappa shape index (κ2) is 10.8. The molecule has 1 saturated heterocycles. The SMILES string of the molecule is CN=C(NCC(C)N1CCN(c2ccccc2)CC1)NC1CC=CC1.I. The molecule has 2 aliphatic rings. The highest BCUT2D eigenvalue weighted by Gasteiger charge is 2.21. The molecule has 5 nitrogen and oxygen atoms in total. The van der Waals surface area contributed by atoms with Crippen molar-refractivity contribution in [1.29, 1.82) is 0 Å². The quantitative estimate of drug-likeness (QED) is 0.301. The molecule has 144 valence electrons. The fourth-order valence-corrected chi connectivity index (χ4v) is 3.56. The van der Waals surface area contributed by atoms with Crippen molar-refractivity contribution >= 4 is 35.6 Å². The average molecular weight is 469 g/mol. The summed E-state index contributed by atoms with van der Waals surface area (Å²) in [4.78, 5) is 9.40. The van der Waals surface area contributed by atoms with E-state index in [0.29, 0.717) is 12.1 Å². The van der Waals surface area contributed by atoms with Crippen LogP contribution in [0.4, 0.5) is 5.69 Å². The van der Waals surface area contributed by atoms with Gasteiger partial charge in [0.15, 0.2) is 5.96 Å². The minimum atomic E-state index is 0. The number of hydrogen-bond donors (Lipinski definition) is 2. The number of rotatable bonds is 5. The van der Waals surface area contributed by atoms with Crippen molar-refractivity contribution < 1.29 is 0 Å². The maximum absolute atomic E-state index is 4.36. The van der Waals surface area contributed by atoms with Crippen LogP contribution in [0.1, 0.15) is 19.8 Å². The van der Waals surface area contributed by atoms with Gasteiger partial charge in [-0.05, 0) is 31.9 Å². The van der Waals surface area contributed by atoms with Gasteiger partial charge in [-0.15, -0.1) is 24.0 Å². The lowest BCUT2D eigenvalue weighted by Crippen LogP contribution is -2.53. The summed E-state index contributed by atoms with van der Waals surface area (Å²) >= 11 is 0. The number of hydrogen-bond acceptors (Lipinski definition) is 3. The van der Waals surface area contributed by atoms with Crippen LogP contribution in [0.5, 0.6) is 0 Å². The molecular formula is C20H32IN5. The number of halogens is 1. The Hall–Kier alpha value is -1.28. The van der Waals surface area contributed by atoms with Gasteiger partial charge in [0.25, 0.3) is 0 Å². The second-order valence-corrected chi connectivity index (χ2v) is 6.94. The predicted octanol–water partition coefficient (Wildman–Crippen LogP) is 2.70. The number of para-hydroxylation sites is 1. The maximum Gasteiger partial charge on any atom is 0.191 e. The lowest BCUT2D eigenvalue weighted by Gasteiger charge is -2.39. The molecule has 0 spiro atoms. The Morgan fingerprint density at radius 2 is 1.77 bits per heavy atom. The number of benzene rings is 1. The van der Waals surface area contributed by atoms with Crippen molar-refractivity contribution in [2.24, 2.45) is 4.99 Å². The van der Waals surface area contributed by atoms with Crippen LogP contribution in [-0.2, 0) is 0 Å². The van der Waals surface area contributed by atoms with E-state index in [-0.39, 0.29) is 24.0 Å². The molecule has 1 aliphatic carbocycles. The third-order valence-corrected chi connectivity index (χ3v) is 5.20. The summed E-state index contributed by atoms with van der Waals surface area (Å²) in [6, 6.07) is 11.7. The first-order chi connectivity index (χ1) is 12.3. The summed E-state index contributed by atoms with van der Waals surface area (Å²) in [6.45, 7) is 7.62. The van der Waals surface area contributed by atoms with Crippen LogP contribution < -0.4 is 15.5 Å². The van der Waals surface area contributed by atoms with Gasteiger partial charge in [0.2, 0.25) is 0 Å². The smallest absolute Gasteiger partial charge is 0.191 e. The van der Waals surface area contributed by atoms with Gasteiger partial charge in [-0.2, -0.15) is 0 Å². The third-order valence-electron chi connectivity index (χ3n) is 5.20. The largest absolute Gasteiger partial charge is 0.369 e. The van der Waals surface area contributed by atoms with Gasteiger partial charge in [-0.3, -0.25) is 9.89 Å². The summed E-state index contributed by atoms with van der Waals surface area (Å²) in [5.41, 5.74) is 1.34. The standard InChI is InChI=1S/C20H31N5.HI/c1-17(16-22-20(21-2)23-18-8-6-7-9-18)24-12-14-25(15-13-24)19-10-4-3-5-11-19;/h3-7,10-11,17-18H,8-9,12-16H2,1-2H3,(H2,21,22,23);1H. The lowest BCUT2D eigenvalue weighted by atomic mass is 10.2. The summed E-state index contributed by atoms with van der Waals surface area (Å²) in [6.07, 6.45) is 6.66. The van der Waals surface area contributed by atoms with Crippen LogP contribution in [0.15, 0.2) is 47.5 Å². The first-order valence-corrected chi connectivity index (χ1v) is 9.42. The summed E-state index contributed by atoms with van der Waals surface area (Å²) in [5.74, 6) is 0.920. The van der Waals surface area contributed by atoms with E-state index < -0.39 is 0 Å². The molecule has 0 aromatic heterocycles. The average Bonchev–Trinajstić information content (AvgIpc) is 3.19. The van der Waals surface area contributed by atoms with Gasteiger partial charge < -0.3 is 15.5 Å². The highest BCUT2D eigenvalue weighted by atomic mass is 127. The number of anilines is 1. The minimum absolute atomic E-state index is 0. The van der Waals surface area contributed by atoms with Gasteiger partial charge in [0, 0.05) is 57.5 Å². The number of nitrogens with one attached hydrogen (secondary N) is 2. The number of piperazine rings is 1. The molecule has 1 atom stereocenters. The van der Waals surface area contributed by atoms with Crippen LogP contribution >= 0.6 is 24.0 Å². The predicted molar refractivity (Wildman–Crippen MR) is 122 cm³/mol. The third kappa shape index (κ3) is 5.87. The molecule has 3 rings (SSSR count). The Labute approximate surface area is 174 Å². The van der Waals surface area contributed by atoms with Gasteiger partial charge in [0.1, 0.15) is 0 Å². The molecule has 0 bridgehead atoms. The maximum atomic E-state index is 4.36. The number of aliphatic imine (C=N–C) groups is 1. The van der Waals surface area contributed by atoms with Crippen molar-refractivity contribution in [1.82, 2.24) is 15.5 Å². The first-order valence-electron chi connectivity index (χ1n) is 9.42. The zero-order valence-electron chi connectivity index (χ0n) is 15.9. The van der Waals surface area contributed by atoms with Crippen LogP contribution in [0, 0.1) is 0 Å². The molecule has 0 saturated carbocycles. The van der Waals surface area contributed by atoms with Crippen LogP contribution in [0.2, 0.25) is 0 Å². The second-order valence-electron chi connectivity index (χ2n) is 6.94. The van der Waals surface area contributed by atoms with E-state index in [4.69, 9.17) is 0 Å². The zero-order chi connectivity index (χ0) is 17.5. The van der Waals surface area contributed by atoms with Crippen molar-refractivity contribution in [3.63, 3.8) is 0 Å². The van der Waals surface area contributed by atoms with Crippen molar-refractivity contribution in [2.75, 3.05) is 44.7 Å². The molecule has 0 radical (unpaired) electrons. The Kier molecular flexibility index (Phi) is 8.71. The van der Waals surface area contributed by atoms with Crippen LogP contribution in [-0.4, -0.2) is 62.7 Å². The molecule has 1 heterocycles. The van der Waals surface area contributed by atoms with Crippen molar-refractivity contribution in [3.05, 3.63) is 42.5 Å². The molecule has 2 N–H and O–H groups in total. The van der Waals surface area contributed by atoms with Crippen LogP contribution in [0.3, 0.4) is 0 Å². The Bertz CT molecular complexity index is 573. The summed E-state index contributed by atoms with van der Waals surface area (Å²) < 4.78 is 0. The Morgan fingerprint density at radius 1 is 1.12 bits per heavy atom. The van der Waals surface area contributed by atoms with E-state index in [2.05, 4.69) is 74.8 Å². The van der Waals surface area contributed by atoms with Crippen molar-refractivity contribution in [2.45, 2.75) is 31.8 Å². The van der Waals surface area contributed by atoms with Crippen LogP contribution in [0.25, 0.3) is 0 Å². The summed E-state index contributed by atoms with van der Waals surface area (Å²) in [5, 5.41) is 6.99. The normalized spacial score (nSPS) is 19.9. The lowest BCUT2D eigenvalue weighted by molar-refractivity contribution is 0.197. The van der Waals surface area contributed by atoms with Crippen molar-refractivity contribution in [3.8, 4) is 0 Å². The molecule has 6 heteroatoms. The van der Waals surface area contributed by atoms with E-state index >= 15 is 0 Å². The molecule has 1 aliphatic heterocycles. The molecule has 0 amide bonds. The number of nitrogens with zero attached hydrogens (tertiary/aromatic N) is 3. The van der Waals surface area contributed by atoms with E-state index in [9.17, 15) is 0 Å². The molecule has 1 unspecified atom stereocenters. The summed E-state index contributed by atoms with van der Waals surface area (Å²) in [7, 11) is 1.85. The topological polar surface area (TPSA) is 42.9 Å². The monoisotopic (exact) mass is 469 g/mol. The van der Waals surface area contributed by atoms with Gasteiger partial charge in [0.05, 0.1) is 0 Å². The molecule has 1 aromatic carbocycles. The molecule has 1 fully saturated rings. The first kappa shape index (κ1) is 21.0. The zero-order valence-corrected chi connectivity index (χ0v) is 18.2. The Balaban J connectivity index is 0.00000243. The van der Waals surface area contributed by atoms with E-state index in [1.54, 1.807) is 0 Å². The van der Waals surface area contributed by atoms with Gasteiger partial charge in [-0.25, -0.2) is 0 Å². The fourth-order valence-electron chi connectivity index (χ4n) is 3.56. The van der Waals surface area contributed by atoms with Gasteiger partial charge in [-0.1, -0.05) is 30.4 Å². The molecule has 26 heavy (non-hydrogen) atoms. The van der Waals surface area contributed by atoms with E-state index in [1.807, 2.05) is 7.05 Å². The van der Waals surface area contributed by atoms with E-state index in [0.717, 1.165) is 51.5 Å². The Morgan fingerprint density at radius 3 is 2.38 bits per heavy atom. The van der Waals surface area contributed by atoms with Gasteiger partial charge >= 0.3 is 0 Å².